The Labute approximate surface area is 96.1 Å². The van der Waals surface area contributed by atoms with Crippen molar-refractivity contribution in [2.24, 2.45) is 0 Å². The molecule has 0 bridgehead atoms. The molecule has 90 valence electrons. The first-order valence-electron chi connectivity index (χ1n) is 5.60. The third-order valence-corrected chi connectivity index (χ3v) is 3.33. The fourth-order valence-corrected chi connectivity index (χ4v) is 2.29. The van der Waals surface area contributed by atoms with Crippen molar-refractivity contribution in [3.8, 4) is 0 Å². The highest BCUT2D eigenvalue weighted by Gasteiger charge is 2.38. The highest BCUT2D eigenvalue weighted by molar-refractivity contribution is 5.77. The molecule has 2 heterocycles. The van der Waals surface area contributed by atoms with Gasteiger partial charge in [0.25, 0.3) is 0 Å². The molecule has 0 aromatic carbocycles. The zero-order chi connectivity index (χ0) is 12.0. The Hall–Kier alpha value is -1.52. The second-order valence-corrected chi connectivity index (χ2v) is 4.40. The summed E-state index contributed by atoms with van der Waals surface area (Å²) in [5.74, 6) is 0. The van der Waals surface area contributed by atoms with Crippen molar-refractivity contribution in [1.29, 1.82) is 0 Å². The molecule has 3 rings (SSSR count). The molecule has 1 aliphatic carbocycles. The molecular weight excluding hydrogens is 229 g/mol. The van der Waals surface area contributed by atoms with Gasteiger partial charge in [-0.1, -0.05) is 0 Å². The van der Waals surface area contributed by atoms with Gasteiger partial charge in [-0.25, -0.2) is 4.98 Å². The van der Waals surface area contributed by atoms with E-state index in [1.807, 2.05) is 0 Å². The first kappa shape index (κ1) is 10.6. The van der Waals surface area contributed by atoms with E-state index >= 15 is 0 Å². The molecule has 1 aliphatic rings. The summed E-state index contributed by atoms with van der Waals surface area (Å²) in [6.45, 7) is 0. The van der Waals surface area contributed by atoms with Gasteiger partial charge >= 0.3 is 6.18 Å². The second kappa shape index (κ2) is 3.48. The van der Waals surface area contributed by atoms with Crippen LogP contribution in [0.15, 0.2) is 24.4 Å². The van der Waals surface area contributed by atoms with Gasteiger partial charge in [0.1, 0.15) is 11.3 Å². The van der Waals surface area contributed by atoms with Gasteiger partial charge in [0.15, 0.2) is 0 Å². The molecule has 2 aromatic heterocycles. The molecule has 0 spiro atoms. The summed E-state index contributed by atoms with van der Waals surface area (Å²) in [6.07, 6.45) is -0.157. The first-order chi connectivity index (χ1) is 8.07. The van der Waals surface area contributed by atoms with Crippen molar-refractivity contribution >= 4 is 11.0 Å². The van der Waals surface area contributed by atoms with Gasteiger partial charge in [-0.15, -0.1) is 0 Å². The highest BCUT2D eigenvalue weighted by atomic mass is 19.4. The third kappa shape index (κ3) is 1.61. The number of hydrogen-bond acceptors (Lipinski definition) is 1. The Morgan fingerprint density at radius 1 is 1.29 bits per heavy atom. The molecule has 0 N–H and O–H groups in total. The van der Waals surface area contributed by atoms with Gasteiger partial charge in [-0.3, -0.25) is 0 Å². The van der Waals surface area contributed by atoms with E-state index in [9.17, 15) is 13.2 Å². The lowest BCUT2D eigenvalue weighted by atomic mass is 9.92. The van der Waals surface area contributed by atoms with Crippen LogP contribution in [-0.2, 0) is 6.18 Å². The molecule has 5 heteroatoms. The average molecular weight is 240 g/mol. The molecule has 2 nitrogen and oxygen atoms in total. The third-order valence-electron chi connectivity index (χ3n) is 3.33. The molecule has 1 saturated carbocycles. The lowest BCUT2D eigenvalue weighted by Crippen LogP contribution is -2.23. The van der Waals surface area contributed by atoms with Gasteiger partial charge in [-0.2, -0.15) is 13.2 Å². The summed E-state index contributed by atoms with van der Waals surface area (Å²) in [5.41, 5.74) is -0.125. The molecule has 0 amide bonds. The van der Waals surface area contributed by atoms with E-state index in [2.05, 4.69) is 4.98 Å². The number of fused-ring (bicyclic) bond motifs is 1. The number of alkyl halides is 3. The monoisotopic (exact) mass is 240 g/mol. The van der Waals surface area contributed by atoms with E-state index in [0.29, 0.717) is 11.0 Å². The number of hydrogen-bond donors (Lipinski definition) is 0. The summed E-state index contributed by atoms with van der Waals surface area (Å²) in [5, 5.41) is 0.562. The van der Waals surface area contributed by atoms with E-state index < -0.39 is 11.9 Å². The van der Waals surface area contributed by atoms with Crippen LogP contribution in [0.25, 0.3) is 11.0 Å². The molecule has 0 atom stereocenters. The molecule has 0 aliphatic heterocycles. The zero-order valence-corrected chi connectivity index (χ0v) is 9.04. The fraction of sp³-hybridized carbons (Fsp3) is 0.417. The highest BCUT2D eigenvalue weighted by Crippen LogP contribution is 2.41. The summed E-state index contributed by atoms with van der Waals surface area (Å²) >= 11 is 0. The average Bonchev–Trinajstić information content (AvgIpc) is 2.55. The minimum atomic E-state index is -4.31. The molecule has 1 fully saturated rings. The van der Waals surface area contributed by atoms with Crippen LogP contribution in [0, 0.1) is 0 Å². The van der Waals surface area contributed by atoms with Crippen molar-refractivity contribution < 1.29 is 13.2 Å². The van der Waals surface area contributed by atoms with Gasteiger partial charge in [-0.05, 0) is 37.5 Å². The molecule has 2 aromatic rings. The van der Waals surface area contributed by atoms with Crippen LogP contribution in [-0.4, -0.2) is 9.55 Å². The first-order valence-corrected chi connectivity index (χ1v) is 5.60. The van der Waals surface area contributed by atoms with Crippen molar-refractivity contribution in [3.63, 3.8) is 0 Å². The number of halogens is 3. The van der Waals surface area contributed by atoms with Crippen molar-refractivity contribution in [3.05, 3.63) is 30.1 Å². The predicted octanol–water partition coefficient (Wildman–Crippen LogP) is 3.78. The molecular formula is C12H11F3N2. The summed E-state index contributed by atoms with van der Waals surface area (Å²) in [7, 11) is 0. The standard InChI is InChI=1S/C12H11F3N2/c13-12(14,15)10-7-8-3-2-6-16-11(8)17(10)9-4-1-5-9/h2-3,6-7,9H,1,4-5H2. The minimum absolute atomic E-state index is 0.0426. The van der Waals surface area contributed by atoms with Crippen molar-refractivity contribution in [2.45, 2.75) is 31.5 Å². The maximum absolute atomic E-state index is 13.0. The predicted molar refractivity (Wildman–Crippen MR) is 57.6 cm³/mol. The Kier molecular flexibility index (Phi) is 2.18. The van der Waals surface area contributed by atoms with E-state index in [1.165, 1.54) is 16.8 Å². The van der Waals surface area contributed by atoms with Crippen molar-refractivity contribution in [2.75, 3.05) is 0 Å². The van der Waals surface area contributed by atoms with E-state index in [-0.39, 0.29) is 6.04 Å². The molecule has 0 unspecified atom stereocenters. The number of aromatic nitrogens is 2. The SMILES string of the molecule is FC(F)(F)c1cc2cccnc2n1C1CCC1. The minimum Gasteiger partial charge on any atom is -0.319 e. The molecule has 17 heavy (non-hydrogen) atoms. The maximum Gasteiger partial charge on any atom is 0.431 e. The van der Waals surface area contributed by atoms with Crippen LogP contribution in [0.4, 0.5) is 13.2 Å². The van der Waals surface area contributed by atoms with E-state index in [4.69, 9.17) is 0 Å². The largest absolute Gasteiger partial charge is 0.431 e. The Balaban J connectivity index is 2.25. The fourth-order valence-electron chi connectivity index (χ4n) is 2.29. The summed E-state index contributed by atoms with van der Waals surface area (Å²) < 4.78 is 40.2. The van der Waals surface area contributed by atoms with Crippen LogP contribution in [0.2, 0.25) is 0 Å². The lowest BCUT2D eigenvalue weighted by molar-refractivity contribution is -0.144. The normalized spacial score (nSPS) is 17.4. The van der Waals surface area contributed by atoms with Gasteiger partial charge in [0.05, 0.1) is 0 Å². The topological polar surface area (TPSA) is 17.8 Å². The second-order valence-electron chi connectivity index (χ2n) is 4.40. The number of nitrogens with zero attached hydrogens (tertiary/aromatic N) is 2. The van der Waals surface area contributed by atoms with Crippen LogP contribution in [0.5, 0.6) is 0 Å². The van der Waals surface area contributed by atoms with E-state index in [0.717, 1.165) is 19.3 Å². The van der Waals surface area contributed by atoms with Crippen LogP contribution >= 0.6 is 0 Å². The van der Waals surface area contributed by atoms with Gasteiger partial charge in [0, 0.05) is 17.6 Å². The lowest BCUT2D eigenvalue weighted by Gasteiger charge is -2.29. The Morgan fingerprint density at radius 3 is 2.65 bits per heavy atom. The van der Waals surface area contributed by atoms with Gasteiger partial charge < -0.3 is 4.57 Å². The van der Waals surface area contributed by atoms with Crippen LogP contribution in [0.3, 0.4) is 0 Å². The number of pyridine rings is 1. The smallest absolute Gasteiger partial charge is 0.319 e. The number of rotatable bonds is 1. The van der Waals surface area contributed by atoms with E-state index in [1.54, 1.807) is 12.1 Å². The molecule has 0 saturated heterocycles. The summed E-state index contributed by atoms with van der Waals surface area (Å²) in [4.78, 5) is 4.08. The maximum atomic E-state index is 13.0. The van der Waals surface area contributed by atoms with Crippen LogP contribution in [0.1, 0.15) is 31.0 Å². The van der Waals surface area contributed by atoms with Gasteiger partial charge in [0.2, 0.25) is 0 Å². The zero-order valence-electron chi connectivity index (χ0n) is 9.04. The van der Waals surface area contributed by atoms with Crippen LogP contribution < -0.4 is 0 Å². The quantitative estimate of drug-likeness (QED) is 0.741. The molecule has 0 radical (unpaired) electrons. The van der Waals surface area contributed by atoms with Crippen molar-refractivity contribution in [1.82, 2.24) is 9.55 Å². The Bertz CT molecular complexity index is 552. The Morgan fingerprint density at radius 2 is 2.06 bits per heavy atom. The summed E-state index contributed by atoms with van der Waals surface area (Å²) in [6, 6.07) is 4.49.